The van der Waals surface area contributed by atoms with Crippen molar-refractivity contribution in [1.82, 2.24) is 19.1 Å². The number of aliphatic hydroxyl groups is 1. The van der Waals surface area contributed by atoms with Gasteiger partial charge in [-0.15, -0.1) is 0 Å². The molecule has 0 aliphatic rings. The van der Waals surface area contributed by atoms with Crippen molar-refractivity contribution in [2.45, 2.75) is 13.5 Å². The maximum atomic E-state index is 12.2. The summed E-state index contributed by atoms with van der Waals surface area (Å²) in [4.78, 5) is 40.6. The van der Waals surface area contributed by atoms with Crippen molar-refractivity contribution in [3.05, 3.63) is 60.8 Å². The molecule has 1 aromatic carbocycles. The molecule has 0 atom stereocenters. The first kappa shape index (κ1) is 19.0. The van der Waals surface area contributed by atoms with E-state index in [0.29, 0.717) is 11.3 Å². The average Bonchev–Trinajstić information content (AvgIpc) is 3.03. The molecule has 0 aliphatic heterocycles. The number of hydrogen-bond donors (Lipinski definition) is 3. The molecule has 0 unspecified atom stereocenters. The predicted octanol–water partition coefficient (Wildman–Crippen LogP) is 0.160. The average molecular weight is 387 g/mol. The van der Waals surface area contributed by atoms with E-state index in [1.165, 1.54) is 28.3 Å². The van der Waals surface area contributed by atoms with E-state index in [-0.39, 0.29) is 36.0 Å². The van der Waals surface area contributed by atoms with Crippen molar-refractivity contribution >= 4 is 28.5 Å². The maximum Gasteiger partial charge on any atom is 0.329 e. The van der Waals surface area contributed by atoms with Crippen LogP contribution in [0.5, 0.6) is 0 Å². The van der Waals surface area contributed by atoms with Gasteiger partial charge in [0.05, 0.1) is 17.2 Å². The van der Waals surface area contributed by atoms with E-state index in [9.17, 15) is 24.8 Å². The van der Waals surface area contributed by atoms with Crippen molar-refractivity contribution in [2.75, 3.05) is 12.0 Å². The lowest BCUT2D eigenvalue weighted by Gasteiger charge is -2.07. The molecule has 0 saturated carbocycles. The molecule has 0 fully saturated rings. The zero-order valence-corrected chi connectivity index (χ0v) is 15.0. The number of aromatic amines is 1. The van der Waals surface area contributed by atoms with E-state index >= 15 is 0 Å². The molecule has 2 heterocycles. The Morgan fingerprint density at radius 2 is 2.04 bits per heavy atom. The second-order valence-corrected chi connectivity index (χ2v) is 5.91. The van der Waals surface area contributed by atoms with Gasteiger partial charge < -0.3 is 9.67 Å². The fourth-order valence-corrected chi connectivity index (χ4v) is 2.66. The molecule has 0 saturated heterocycles. The van der Waals surface area contributed by atoms with E-state index in [1.807, 2.05) is 0 Å². The number of hydrazone groups is 1. The normalized spacial score (nSPS) is 11.8. The molecule has 146 valence electrons. The number of hydrogen-bond acceptors (Lipinski definition) is 8. The molecule has 12 nitrogen and oxygen atoms in total. The summed E-state index contributed by atoms with van der Waals surface area (Å²) in [5.74, 6) is 0.164. The quantitative estimate of drug-likeness (QED) is 0.308. The van der Waals surface area contributed by atoms with Gasteiger partial charge in [0.25, 0.3) is 11.2 Å². The zero-order chi connectivity index (χ0) is 20.4. The predicted molar refractivity (Wildman–Crippen MR) is 102 cm³/mol. The van der Waals surface area contributed by atoms with Gasteiger partial charge in [-0.25, -0.2) is 10.2 Å². The molecular weight excluding hydrogens is 370 g/mol. The van der Waals surface area contributed by atoms with Gasteiger partial charge in [0.15, 0.2) is 11.2 Å². The molecule has 28 heavy (non-hydrogen) atoms. The fraction of sp³-hybridized carbons (Fsp3) is 0.250. The highest BCUT2D eigenvalue weighted by Crippen LogP contribution is 2.16. The molecular formula is C16H17N7O5. The standard InChI is InChI=1S/C16H17N7O5/c1-9(10-3-5-11(6-4-10)23(27)28)19-20-15-17-13-12(22(15)7-8-24)14(25)18-16(26)21(13)2/h3-6,24H,7-8H2,1-2H3,(H,17,20)(H,18,25,26)/b19-9+. The lowest BCUT2D eigenvalue weighted by Crippen LogP contribution is -2.29. The van der Waals surface area contributed by atoms with Crippen molar-refractivity contribution in [2.24, 2.45) is 12.1 Å². The van der Waals surface area contributed by atoms with Crippen molar-refractivity contribution < 1.29 is 10.0 Å². The van der Waals surface area contributed by atoms with Crippen LogP contribution >= 0.6 is 0 Å². The van der Waals surface area contributed by atoms with Crippen molar-refractivity contribution in [3.8, 4) is 0 Å². The van der Waals surface area contributed by atoms with Gasteiger partial charge in [0.1, 0.15) is 0 Å². The number of rotatable bonds is 6. The molecule has 3 N–H and O–H groups in total. The molecule has 12 heteroatoms. The first-order valence-electron chi connectivity index (χ1n) is 8.19. The van der Waals surface area contributed by atoms with Crippen LogP contribution in [0.15, 0.2) is 39.0 Å². The summed E-state index contributed by atoms with van der Waals surface area (Å²) in [6.45, 7) is 1.50. The Morgan fingerprint density at radius 3 is 2.64 bits per heavy atom. The number of nitro groups is 1. The number of nitrogens with zero attached hydrogens (tertiary/aromatic N) is 5. The lowest BCUT2D eigenvalue weighted by molar-refractivity contribution is -0.384. The third-order valence-electron chi connectivity index (χ3n) is 4.15. The largest absolute Gasteiger partial charge is 0.395 e. The number of non-ortho nitro benzene ring substituents is 1. The number of aryl methyl sites for hydroxylation is 1. The summed E-state index contributed by atoms with van der Waals surface area (Å²) in [5.41, 5.74) is 2.89. The van der Waals surface area contributed by atoms with Crippen LogP contribution in [0.4, 0.5) is 11.6 Å². The number of nitro benzene ring substituents is 1. The number of imidazole rings is 1. The summed E-state index contributed by atoms with van der Waals surface area (Å²) in [5, 5.41) is 24.2. The van der Waals surface area contributed by atoms with Gasteiger partial charge in [-0.05, 0) is 24.6 Å². The van der Waals surface area contributed by atoms with Crippen molar-refractivity contribution in [1.29, 1.82) is 0 Å². The van der Waals surface area contributed by atoms with Crippen LogP contribution in [0.25, 0.3) is 11.2 Å². The Kier molecular flexibility index (Phi) is 5.04. The van der Waals surface area contributed by atoms with Crippen LogP contribution in [-0.2, 0) is 13.6 Å². The molecule has 3 rings (SSSR count). The van der Waals surface area contributed by atoms with Crippen LogP contribution in [-0.4, -0.2) is 41.5 Å². The second-order valence-electron chi connectivity index (χ2n) is 5.91. The minimum atomic E-state index is -0.622. The SMILES string of the molecule is C/C(=N\Nc1nc2c(c(=O)[nH]c(=O)n2C)n1CCO)c1ccc([N+](=O)[O-])cc1. The van der Waals surface area contributed by atoms with Gasteiger partial charge in [-0.1, -0.05) is 0 Å². The number of H-pyrrole nitrogens is 1. The number of benzene rings is 1. The van der Waals surface area contributed by atoms with Crippen LogP contribution in [0.1, 0.15) is 12.5 Å². The van der Waals surface area contributed by atoms with E-state index in [1.54, 1.807) is 19.1 Å². The Bertz CT molecular complexity index is 1190. The number of fused-ring (bicyclic) bond motifs is 1. The van der Waals surface area contributed by atoms with E-state index in [0.717, 1.165) is 0 Å². The summed E-state index contributed by atoms with van der Waals surface area (Å²) >= 11 is 0. The Morgan fingerprint density at radius 1 is 1.36 bits per heavy atom. The molecule has 0 amide bonds. The highest BCUT2D eigenvalue weighted by atomic mass is 16.6. The second kappa shape index (κ2) is 7.44. The third kappa shape index (κ3) is 3.40. The van der Waals surface area contributed by atoms with Crippen molar-refractivity contribution in [3.63, 3.8) is 0 Å². The fourth-order valence-electron chi connectivity index (χ4n) is 2.66. The first-order chi connectivity index (χ1) is 13.3. The topological polar surface area (TPSA) is 160 Å². The van der Waals surface area contributed by atoms with Gasteiger partial charge in [0, 0.05) is 25.7 Å². The smallest absolute Gasteiger partial charge is 0.329 e. The highest BCUT2D eigenvalue weighted by molar-refractivity contribution is 5.99. The Balaban J connectivity index is 2.00. The van der Waals surface area contributed by atoms with E-state index < -0.39 is 16.2 Å². The maximum absolute atomic E-state index is 12.2. The minimum absolute atomic E-state index is 0.0330. The molecule has 3 aromatic rings. The molecule has 0 spiro atoms. The van der Waals surface area contributed by atoms with Crippen LogP contribution in [0.2, 0.25) is 0 Å². The van der Waals surface area contributed by atoms with Gasteiger partial charge >= 0.3 is 5.69 Å². The Labute approximate surface area is 156 Å². The van der Waals surface area contributed by atoms with Gasteiger partial charge in [0.2, 0.25) is 5.95 Å². The number of aromatic nitrogens is 4. The first-order valence-corrected chi connectivity index (χ1v) is 8.19. The monoisotopic (exact) mass is 387 g/mol. The summed E-state index contributed by atoms with van der Waals surface area (Å²) in [6.07, 6.45) is 0. The number of aliphatic hydroxyl groups excluding tert-OH is 1. The lowest BCUT2D eigenvalue weighted by atomic mass is 10.1. The molecule has 0 radical (unpaired) electrons. The van der Waals surface area contributed by atoms with Gasteiger partial charge in [-0.3, -0.25) is 24.5 Å². The van der Waals surface area contributed by atoms with E-state index in [2.05, 4.69) is 20.5 Å². The van der Waals surface area contributed by atoms with Crippen LogP contribution in [0, 0.1) is 10.1 Å². The van der Waals surface area contributed by atoms with Crippen LogP contribution < -0.4 is 16.7 Å². The third-order valence-corrected chi connectivity index (χ3v) is 4.15. The number of nitrogens with one attached hydrogen (secondary N) is 2. The van der Waals surface area contributed by atoms with E-state index in [4.69, 9.17) is 0 Å². The molecule has 0 bridgehead atoms. The summed E-state index contributed by atoms with van der Waals surface area (Å²) in [7, 11) is 1.46. The number of anilines is 1. The minimum Gasteiger partial charge on any atom is -0.395 e. The van der Waals surface area contributed by atoms with Crippen LogP contribution in [0.3, 0.4) is 0 Å². The summed E-state index contributed by atoms with van der Waals surface area (Å²) < 4.78 is 2.60. The van der Waals surface area contributed by atoms with Gasteiger partial charge in [-0.2, -0.15) is 10.1 Å². The molecule has 0 aliphatic carbocycles. The molecule has 2 aromatic heterocycles. The highest BCUT2D eigenvalue weighted by Gasteiger charge is 2.17. The summed E-state index contributed by atoms with van der Waals surface area (Å²) in [6, 6.07) is 5.85. The zero-order valence-electron chi connectivity index (χ0n) is 15.0. The Hall–Kier alpha value is -3.80.